The molecule has 0 spiro atoms. The third-order valence-electron chi connectivity index (χ3n) is 1.73. The number of rotatable bonds is 2. The quantitative estimate of drug-likeness (QED) is 0.684. The number of aldehydes is 1. The molecule has 2 aromatic rings. The normalized spacial score (nSPS) is 10.1. The lowest BCUT2D eigenvalue weighted by Gasteiger charge is -1.95. The Balaban J connectivity index is 2.49. The second-order valence-corrected chi connectivity index (χ2v) is 2.65. The van der Waals surface area contributed by atoms with E-state index in [1.165, 1.54) is 30.5 Å². The number of hydrogen-bond acceptors (Lipinski definition) is 3. The lowest BCUT2D eigenvalue weighted by atomic mass is 10.3. The zero-order valence-electron chi connectivity index (χ0n) is 7.11. The minimum Gasteiger partial charge on any atom is -0.452 e. The van der Waals surface area contributed by atoms with Gasteiger partial charge in [-0.05, 0) is 24.3 Å². The van der Waals surface area contributed by atoms with Crippen molar-refractivity contribution in [3.63, 3.8) is 0 Å². The summed E-state index contributed by atoms with van der Waals surface area (Å²) in [6.07, 6.45) is 2.02. The molecule has 0 atom stereocenters. The average Bonchev–Trinajstić information content (AvgIpc) is 2.67. The number of furan rings is 1. The van der Waals surface area contributed by atoms with E-state index in [1.54, 1.807) is 0 Å². The number of nitrogens with zero attached hydrogens (tertiary/aromatic N) is 1. The van der Waals surface area contributed by atoms with Crippen molar-refractivity contribution in [2.24, 2.45) is 0 Å². The van der Waals surface area contributed by atoms with Crippen LogP contribution in [0.15, 0.2) is 34.9 Å². The van der Waals surface area contributed by atoms with E-state index < -0.39 is 5.82 Å². The molecule has 0 aromatic carbocycles. The maximum Gasteiger partial charge on any atom is 0.185 e. The molecule has 0 saturated heterocycles. The summed E-state index contributed by atoms with van der Waals surface area (Å²) in [5.74, 6) is -0.0606. The standard InChI is InChI=1S/C10H6FNO2/c11-8-2-1-5-12-10(8)9-4-3-7(6-13)14-9/h1-6H. The Bertz CT molecular complexity index is 465. The Morgan fingerprint density at radius 3 is 2.86 bits per heavy atom. The van der Waals surface area contributed by atoms with Gasteiger partial charge >= 0.3 is 0 Å². The fourth-order valence-electron chi connectivity index (χ4n) is 1.11. The Kier molecular flexibility index (Phi) is 2.10. The summed E-state index contributed by atoms with van der Waals surface area (Å²) in [4.78, 5) is 14.1. The minimum atomic E-state index is -0.473. The van der Waals surface area contributed by atoms with Gasteiger partial charge < -0.3 is 4.42 Å². The number of halogens is 1. The molecule has 0 amide bonds. The van der Waals surface area contributed by atoms with E-state index in [9.17, 15) is 9.18 Å². The summed E-state index contributed by atoms with van der Waals surface area (Å²) < 4.78 is 18.2. The molecule has 2 aromatic heterocycles. The van der Waals surface area contributed by atoms with Gasteiger partial charge in [-0.25, -0.2) is 9.37 Å². The number of hydrogen-bond donors (Lipinski definition) is 0. The van der Waals surface area contributed by atoms with E-state index >= 15 is 0 Å². The molecule has 0 aliphatic heterocycles. The van der Waals surface area contributed by atoms with Gasteiger partial charge in [0.25, 0.3) is 0 Å². The van der Waals surface area contributed by atoms with Gasteiger partial charge in [0.15, 0.2) is 23.6 Å². The lowest BCUT2D eigenvalue weighted by molar-refractivity contribution is 0.110. The first-order valence-electron chi connectivity index (χ1n) is 3.97. The van der Waals surface area contributed by atoms with Crippen LogP contribution in [0, 0.1) is 5.82 Å². The highest BCUT2D eigenvalue weighted by Gasteiger charge is 2.09. The molecule has 2 rings (SSSR count). The Labute approximate surface area is 79.2 Å². The molecule has 0 aliphatic carbocycles. The van der Waals surface area contributed by atoms with Crippen molar-refractivity contribution < 1.29 is 13.6 Å². The topological polar surface area (TPSA) is 43.1 Å². The Hall–Kier alpha value is -1.97. The predicted octanol–water partition coefficient (Wildman–Crippen LogP) is 2.29. The molecule has 4 heteroatoms. The molecule has 70 valence electrons. The van der Waals surface area contributed by atoms with E-state index in [0.717, 1.165) is 0 Å². The van der Waals surface area contributed by atoms with Crippen LogP contribution in [0.3, 0.4) is 0 Å². The predicted molar refractivity (Wildman–Crippen MR) is 47.3 cm³/mol. The number of carbonyl (C=O) groups excluding carboxylic acids is 1. The number of aromatic nitrogens is 1. The zero-order chi connectivity index (χ0) is 9.97. The van der Waals surface area contributed by atoms with Crippen molar-refractivity contribution in [1.29, 1.82) is 0 Å². The van der Waals surface area contributed by atoms with E-state index in [2.05, 4.69) is 4.98 Å². The van der Waals surface area contributed by atoms with Crippen molar-refractivity contribution in [2.75, 3.05) is 0 Å². The molecule has 0 radical (unpaired) electrons. The summed E-state index contributed by atoms with van der Waals surface area (Å²) in [5.41, 5.74) is 0.112. The van der Waals surface area contributed by atoms with Crippen LogP contribution in [-0.2, 0) is 0 Å². The van der Waals surface area contributed by atoms with Gasteiger partial charge in [-0.3, -0.25) is 4.79 Å². The minimum absolute atomic E-state index is 0.112. The van der Waals surface area contributed by atoms with E-state index in [4.69, 9.17) is 4.42 Å². The van der Waals surface area contributed by atoms with Crippen LogP contribution in [0.2, 0.25) is 0 Å². The summed E-state index contributed by atoms with van der Waals surface area (Å²) in [6.45, 7) is 0. The zero-order valence-corrected chi connectivity index (χ0v) is 7.11. The van der Waals surface area contributed by atoms with Crippen LogP contribution < -0.4 is 0 Å². The highest BCUT2D eigenvalue weighted by Crippen LogP contribution is 2.21. The number of pyridine rings is 1. The van der Waals surface area contributed by atoms with Gasteiger partial charge in [0.05, 0.1) is 0 Å². The van der Waals surface area contributed by atoms with E-state index in [1.807, 2.05) is 0 Å². The molecule has 14 heavy (non-hydrogen) atoms. The SMILES string of the molecule is O=Cc1ccc(-c2ncccc2F)o1. The van der Waals surface area contributed by atoms with Gasteiger partial charge in [0.2, 0.25) is 0 Å². The van der Waals surface area contributed by atoms with Crippen molar-refractivity contribution in [1.82, 2.24) is 4.98 Å². The first kappa shape index (κ1) is 8.62. The molecule has 2 heterocycles. The van der Waals surface area contributed by atoms with E-state index in [0.29, 0.717) is 6.29 Å². The molecule has 0 N–H and O–H groups in total. The van der Waals surface area contributed by atoms with Crippen LogP contribution in [-0.4, -0.2) is 11.3 Å². The second kappa shape index (κ2) is 3.41. The van der Waals surface area contributed by atoms with Crippen LogP contribution in [0.4, 0.5) is 4.39 Å². The summed E-state index contributed by atoms with van der Waals surface area (Å²) in [7, 11) is 0. The summed E-state index contributed by atoms with van der Waals surface area (Å²) >= 11 is 0. The molecular formula is C10H6FNO2. The highest BCUT2D eigenvalue weighted by molar-refractivity contribution is 5.72. The maximum atomic E-state index is 13.2. The number of carbonyl (C=O) groups is 1. The smallest absolute Gasteiger partial charge is 0.185 e. The largest absolute Gasteiger partial charge is 0.452 e. The third kappa shape index (κ3) is 1.42. The molecule has 0 bridgehead atoms. The lowest BCUT2D eigenvalue weighted by Crippen LogP contribution is -1.85. The van der Waals surface area contributed by atoms with Gasteiger partial charge in [0, 0.05) is 6.20 Å². The highest BCUT2D eigenvalue weighted by atomic mass is 19.1. The van der Waals surface area contributed by atoms with E-state index in [-0.39, 0.29) is 17.2 Å². The van der Waals surface area contributed by atoms with Gasteiger partial charge in [-0.2, -0.15) is 0 Å². The van der Waals surface area contributed by atoms with Crippen molar-refractivity contribution in [2.45, 2.75) is 0 Å². The Morgan fingerprint density at radius 1 is 1.36 bits per heavy atom. The van der Waals surface area contributed by atoms with Gasteiger partial charge in [0.1, 0.15) is 5.69 Å². The molecule has 0 unspecified atom stereocenters. The molecule has 0 aliphatic rings. The summed E-state index contributed by atoms with van der Waals surface area (Å²) in [5, 5.41) is 0. The first-order chi connectivity index (χ1) is 6.81. The summed E-state index contributed by atoms with van der Waals surface area (Å²) in [6, 6.07) is 5.75. The third-order valence-corrected chi connectivity index (χ3v) is 1.73. The van der Waals surface area contributed by atoms with Crippen molar-refractivity contribution in [3.8, 4) is 11.5 Å². The molecular weight excluding hydrogens is 185 g/mol. The molecule has 0 saturated carbocycles. The molecule has 3 nitrogen and oxygen atoms in total. The average molecular weight is 191 g/mol. The monoisotopic (exact) mass is 191 g/mol. The fourth-order valence-corrected chi connectivity index (χ4v) is 1.11. The fraction of sp³-hybridized carbons (Fsp3) is 0. The second-order valence-electron chi connectivity index (χ2n) is 2.65. The van der Waals surface area contributed by atoms with Crippen LogP contribution in [0.25, 0.3) is 11.5 Å². The first-order valence-corrected chi connectivity index (χ1v) is 3.97. The van der Waals surface area contributed by atoms with Crippen LogP contribution >= 0.6 is 0 Å². The van der Waals surface area contributed by atoms with Gasteiger partial charge in [-0.1, -0.05) is 0 Å². The maximum absolute atomic E-state index is 13.2. The van der Waals surface area contributed by atoms with Crippen molar-refractivity contribution >= 4 is 6.29 Å². The Morgan fingerprint density at radius 2 is 2.21 bits per heavy atom. The molecule has 0 fully saturated rings. The van der Waals surface area contributed by atoms with Gasteiger partial charge in [-0.15, -0.1) is 0 Å². The van der Waals surface area contributed by atoms with Crippen LogP contribution in [0.1, 0.15) is 10.6 Å². The van der Waals surface area contributed by atoms with Crippen LogP contribution in [0.5, 0.6) is 0 Å². The van der Waals surface area contributed by atoms with Crippen molar-refractivity contribution in [3.05, 3.63) is 42.0 Å².